The zero-order chi connectivity index (χ0) is 16.9. The van der Waals surface area contributed by atoms with Gasteiger partial charge in [0.05, 0.1) is 6.61 Å². The van der Waals surface area contributed by atoms with E-state index in [2.05, 4.69) is 5.10 Å². The number of carbonyl (C=O) groups excluding carboxylic acids is 1. The summed E-state index contributed by atoms with van der Waals surface area (Å²) >= 11 is 0. The largest absolute Gasteiger partial charge is 0.490 e. The van der Waals surface area contributed by atoms with Gasteiger partial charge >= 0.3 is 11.7 Å². The minimum Gasteiger partial charge on any atom is -0.490 e. The molecule has 1 aliphatic rings. The van der Waals surface area contributed by atoms with E-state index >= 15 is 0 Å². The number of hydrogen-bond donors (Lipinski definition) is 0. The van der Waals surface area contributed by atoms with E-state index in [1.54, 1.807) is 28.8 Å². The van der Waals surface area contributed by atoms with Crippen LogP contribution in [0.3, 0.4) is 0 Å². The lowest BCUT2D eigenvalue weighted by Crippen LogP contribution is -2.29. The lowest BCUT2D eigenvalue weighted by atomic mass is 10.2. The summed E-state index contributed by atoms with van der Waals surface area (Å²) in [5.41, 5.74) is -0.248. The average molecular weight is 331 g/mol. The van der Waals surface area contributed by atoms with Crippen molar-refractivity contribution < 1.29 is 14.3 Å². The molecule has 128 valence electrons. The normalized spacial score (nSPS) is 13.9. The molecule has 0 bridgehead atoms. The predicted molar refractivity (Wildman–Crippen MR) is 87.3 cm³/mol. The fourth-order valence-electron chi connectivity index (χ4n) is 2.81. The third-order valence-electron chi connectivity index (χ3n) is 3.93. The highest BCUT2D eigenvalue weighted by Crippen LogP contribution is 2.26. The Hall–Kier alpha value is -2.57. The van der Waals surface area contributed by atoms with Crippen LogP contribution in [0.25, 0.3) is 0 Å². The molecule has 0 atom stereocenters. The van der Waals surface area contributed by atoms with Crippen molar-refractivity contribution in [3.63, 3.8) is 0 Å². The van der Waals surface area contributed by atoms with Gasteiger partial charge in [-0.1, -0.05) is 18.6 Å². The standard InChI is InChI=1S/C17H21N3O4/c1-2-23-13-8-5-6-9-14(13)24-16(21)12-20-17(22)19-11-7-3-4-10-15(19)18-20/h5-6,8-9H,2-4,7,10-12H2,1H3. The molecule has 3 rings (SSSR count). The summed E-state index contributed by atoms with van der Waals surface area (Å²) in [6.45, 7) is 2.79. The molecule has 24 heavy (non-hydrogen) atoms. The fourth-order valence-corrected chi connectivity index (χ4v) is 2.81. The smallest absolute Gasteiger partial charge is 0.346 e. The van der Waals surface area contributed by atoms with Crippen LogP contribution in [0.5, 0.6) is 11.5 Å². The van der Waals surface area contributed by atoms with Crippen LogP contribution in [-0.2, 0) is 24.3 Å². The number of aryl methyl sites for hydroxylation is 1. The lowest BCUT2D eigenvalue weighted by Gasteiger charge is -2.09. The van der Waals surface area contributed by atoms with E-state index < -0.39 is 5.97 Å². The van der Waals surface area contributed by atoms with E-state index in [1.165, 1.54) is 4.68 Å². The highest BCUT2D eigenvalue weighted by molar-refractivity contribution is 5.72. The third-order valence-corrected chi connectivity index (χ3v) is 3.93. The van der Waals surface area contributed by atoms with E-state index in [1.807, 2.05) is 6.92 Å². The van der Waals surface area contributed by atoms with Crippen LogP contribution in [-0.4, -0.2) is 26.9 Å². The molecule has 1 aromatic carbocycles. The quantitative estimate of drug-likeness (QED) is 0.616. The Balaban J connectivity index is 1.73. The Kier molecular flexibility index (Phi) is 4.98. The minimum atomic E-state index is -0.544. The zero-order valence-electron chi connectivity index (χ0n) is 13.7. The van der Waals surface area contributed by atoms with Gasteiger partial charge in [-0.05, 0) is 31.9 Å². The van der Waals surface area contributed by atoms with Gasteiger partial charge in [0, 0.05) is 13.0 Å². The van der Waals surface area contributed by atoms with Crippen LogP contribution >= 0.6 is 0 Å². The maximum atomic E-state index is 12.4. The van der Waals surface area contributed by atoms with Gasteiger partial charge in [0.1, 0.15) is 12.4 Å². The van der Waals surface area contributed by atoms with Crippen molar-refractivity contribution in [1.82, 2.24) is 14.3 Å². The summed E-state index contributed by atoms with van der Waals surface area (Å²) in [7, 11) is 0. The van der Waals surface area contributed by atoms with Gasteiger partial charge in [0.2, 0.25) is 0 Å². The molecular formula is C17H21N3O4. The number of benzene rings is 1. The molecule has 7 heteroatoms. The Morgan fingerprint density at radius 2 is 2.00 bits per heavy atom. The molecule has 7 nitrogen and oxygen atoms in total. The van der Waals surface area contributed by atoms with Crippen LogP contribution in [0.2, 0.25) is 0 Å². The lowest BCUT2D eigenvalue weighted by molar-refractivity contribution is -0.135. The van der Waals surface area contributed by atoms with E-state index in [4.69, 9.17) is 9.47 Å². The van der Waals surface area contributed by atoms with E-state index in [0.717, 1.165) is 31.5 Å². The Bertz CT molecular complexity index is 778. The topological polar surface area (TPSA) is 75.3 Å². The van der Waals surface area contributed by atoms with Crippen LogP contribution in [0.4, 0.5) is 0 Å². The van der Waals surface area contributed by atoms with Crippen molar-refractivity contribution in [1.29, 1.82) is 0 Å². The zero-order valence-corrected chi connectivity index (χ0v) is 13.7. The summed E-state index contributed by atoms with van der Waals surface area (Å²) in [6.07, 6.45) is 3.84. The first kappa shape index (κ1) is 16.3. The van der Waals surface area contributed by atoms with Crippen LogP contribution < -0.4 is 15.2 Å². The van der Waals surface area contributed by atoms with Crippen molar-refractivity contribution >= 4 is 5.97 Å². The van der Waals surface area contributed by atoms with Gasteiger partial charge in [-0.25, -0.2) is 14.3 Å². The highest BCUT2D eigenvalue weighted by atomic mass is 16.6. The molecule has 0 unspecified atom stereocenters. The molecule has 0 aliphatic carbocycles. The number of nitrogens with zero attached hydrogens (tertiary/aromatic N) is 3. The maximum absolute atomic E-state index is 12.4. The summed E-state index contributed by atoms with van der Waals surface area (Å²) in [5.74, 6) is 1.05. The second kappa shape index (κ2) is 7.33. The van der Waals surface area contributed by atoms with Gasteiger partial charge < -0.3 is 9.47 Å². The molecule has 0 saturated carbocycles. The maximum Gasteiger partial charge on any atom is 0.346 e. The SMILES string of the molecule is CCOc1ccccc1OC(=O)Cn1nc2n(c1=O)CCCCC2. The average Bonchev–Trinajstić information content (AvgIpc) is 2.75. The monoisotopic (exact) mass is 331 g/mol. The third kappa shape index (κ3) is 3.50. The fraction of sp³-hybridized carbons (Fsp3) is 0.471. The molecule has 0 fully saturated rings. The van der Waals surface area contributed by atoms with Crippen LogP contribution in [0, 0.1) is 0 Å². The van der Waals surface area contributed by atoms with Crippen LogP contribution in [0.15, 0.2) is 29.1 Å². The number of fused-ring (bicyclic) bond motifs is 1. The molecule has 0 saturated heterocycles. The van der Waals surface area contributed by atoms with Crippen molar-refractivity contribution in [2.24, 2.45) is 0 Å². The molecule has 1 aromatic heterocycles. The Labute approximate surface area is 139 Å². The molecule has 0 radical (unpaired) electrons. The van der Waals surface area contributed by atoms with Gasteiger partial charge in [-0.2, -0.15) is 5.10 Å². The van der Waals surface area contributed by atoms with Crippen molar-refractivity contribution in [2.45, 2.75) is 45.7 Å². The number of hydrogen-bond acceptors (Lipinski definition) is 5. The second-order valence-electron chi connectivity index (χ2n) is 5.67. The first-order valence-corrected chi connectivity index (χ1v) is 8.28. The minimum absolute atomic E-state index is 0.209. The molecule has 1 aliphatic heterocycles. The van der Waals surface area contributed by atoms with E-state index in [9.17, 15) is 9.59 Å². The second-order valence-corrected chi connectivity index (χ2v) is 5.67. The van der Waals surface area contributed by atoms with Crippen molar-refractivity contribution in [2.75, 3.05) is 6.61 Å². The molecule has 0 N–H and O–H groups in total. The molecule has 2 heterocycles. The molecule has 0 spiro atoms. The Morgan fingerprint density at radius 3 is 2.79 bits per heavy atom. The molecule has 2 aromatic rings. The van der Waals surface area contributed by atoms with E-state index in [0.29, 0.717) is 24.7 Å². The number of esters is 1. The summed E-state index contributed by atoms with van der Waals surface area (Å²) in [5, 5.41) is 4.29. The number of aromatic nitrogens is 3. The molecular weight excluding hydrogens is 310 g/mol. The van der Waals surface area contributed by atoms with Gasteiger partial charge in [0.25, 0.3) is 0 Å². The Morgan fingerprint density at radius 1 is 1.21 bits per heavy atom. The van der Waals surface area contributed by atoms with Crippen molar-refractivity contribution in [3.05, 3.63) is 40.6 Å². The van der Waals surface area contributed by atoms with Gasteiger partial charge in [-0.15, -0.1) is 0 Å². The number of rotatable bonds is 5. The summed E-state index contributed by atoms with van der Waals surface area (Å²) < 4.78 is 13.6. The first-order chi connectivity index (χ1) is 11.7. The first-order valence-electron chi connectivity index (χ1n) is 8.28. The van der Waals surface area contributed by atoms with E-state index in [-0.39, 0.29) is 12.2 Å². The predicted octanol–water partition coefficient (Wildman–Crippen LogP) is 1.78. The number of carbonyl (C=O) groups is 1. The summed E-state index contributed by atoms with van der Waals surface area (Å²) in [6, 6.07) is 6.96. The number of ether oxygens (including phenoxy) is 2. The van der Waals surface area contributed by atoms with Gasteiger partial charge in [0.15, 0.2) is 11.5 Å². The van der Waals surface area contributed by atoms with Crippen LogP contribution in [0.1, 0.15) is 32.0 Å². The summed E-state index contributed by atoms with van der Waals surface area (Å²) in [4.78, 5) is 24.5. The molecule has 0 amide bonds. The van der Waals surface area contributed by atoms with Gasteiger partial charge in [-0.3, -0.25) is 4.57 Å². The van der Waals surface area contributed by atoms with Crippen molar-refractivity contribution in [3.8, 4) is 11.5 Å². The highest BCUT2D eigenvalue weighted by Gasteiger charge is 2.18. The number of para-hydroxylation sites is 2.